The summed E-state index contributed by atoms with van der Waals surface area (Å²) in [6, 6.07) is 0.275. The zero-order valence-corrected chi connectivity index (χ0v) is 5.68. The lowest BCUT2D eigenvalue weighted by molar-refractivity contribution is 0.568. The second-order valence-electron chi connectivity index (χ2n) is 2.54. The minimum absolute atomic E-state index is 0.275. The van der Waals surface area contributed by atoms with Gasteiger partial charge in [-0.15, -0.1) is 0 Å². The number of aliphatic imine (C=N–C) groups is 1. The van der Waals surface area contributed by atoms with E-state index in [9.17, 15) is 0 Å². The van der Waals surface area contributed by atoms with Crippen molar-refractivity contribution in [3.8, 4) is 0 Å². The van der Waals surface area contributed by atoms with Crippen LogP contribution in [0, 0.1) is 11.3 Å². The van der Waals surface area contributed by atoms with Gasteiger partial charge in [0.2, 0.25) is 5.96 Å². The molecule has 1 heterocycles. The van der Waals surface area contributed by atoms with E-state index in [1.165, 1.54) is 0 Å². The van der Waals surface area contributed by atoms with E-state index in [1.807, 2.05) is 0 Å². The standard InChI is InChI=1S/C6H11N3/c1-4(2)5-3-8-6(7)9-5/h3-5H,1-2H3,(H2,7,9). The summed E-state index contributed by atoms with van der Waals surface area (Å²) in [4.78, 5) is 3.79. The monoisotopic (exact) mass is 125 g/mol. The SMILES string of the molecule is CC(C)C1C=NC(=N)N1. The average Bonchev–Trinajstić information content (AvgIpc) is 2.14. The Kier molecular flexibility index (Phi) is 1.51. The third-order valence-electron chi connectivity index (χ3n) is 1.39. The smallest absolute Gasteiger partial charge is 0.215 e. The van der Waals surface area contributed by atoms with E-state index in [0.717, 1.165) is 0 Å². The van der Waals surface area contributed by atoms with E-state index in [-0.39, 0.29) is 12.0 Å². The van der Waals surface area contributed by atoms with E-state index in [1.54, 1.807) is 6.21 Å². The molecule has 1 rings (SSSR count). The van der Waals surface area contributed by atoms with Crippen LogP contribution in [0.15, 0.2) is 4.99 Å². The second-order valence-corrected chi connectivity index (χ2v) is 2.54. The predicted molar refractivity (Wildman–Crippen MR) is 38.0 cm³/mol. The van der Waals surface area contributed by atoms with Gasteiger partial charge >= 0.3 is 0 Å². The molecule has 0 aromatic carbocycles. The molecule has 0 radical (unpaired) electrons. The molecule has 0 aliphatic carbocycles. The molecule has 1 unspecified atom stereocenters. The second kappa shape index (κ2) is 2.17. The fraction of sp³-hybridized carbons (Fsp3) is 0.667. The molecule has 0 fully saturated rings. The molecule has 0 saturated carbocycles. The quantitative estimate of drug-likeness (QED) is 0.530. The summed E-state index contributed by atoms with van der Waals surface area (Å²) in [5.74, 6) is 0.810. The van der Waals surface area contributed by atoms with Crippen LogP contribution in [0.3, 0.4) is 0 Å². The van der Waals surface area contributed by atoms with E-state index in [2.05, 4.69) is 24.2 Å². The molecule has 0 amide bonds. The lowest BCUT2D eigenvalue weighted by atomic mass is 10.1. The van der Waals surface area contributed by atoms with Crippen LogP contribution in [0.1, 0.15) is 13.8 Å². The van der Waals surface area contributed by atoms with Crippen LogP contribution < -0.4 is 5.32 Å². The maximum Gasteiger partial charge on any atom is 0.215 e. The summed E-state index contributed by atoms with van der Waals surface area (Å²) in [6.07, 6.45) is 1.78. The van der Waals surface area contributed by atoms with Gasteiger partial charge < -0.3 is 5.32 Å². The maximum atomic E-state index is 7.06. The summed E-state index contributed by atoms with van der Waals surface area (Å²) in [5, 5.41) is 9.98. The third kappa shape index (κ3) is 1.28. The van der Waals surface area contributed by atoms with E-state index in [4.69, 9.17) is 5.41 Å². The van der Waals surface area contributed by atoms with E-state index < -0.39 is 0 Å². The molecule has 1 aliphatic heterocycles. The van der Waals surface area contributed by atoms with Crippen molar-refractivity contribution in [1.82, 2.24) is 5.32 Å². The summed E-state index contributed by atoms with van der Waals surface area (Å²) in [7, 11) is 0. The normalized spacial score (nSPS) is 25.2. The van der Waals surface area contributed by atoms with Crippen molar-refractivity contribution < 1.29 is 0 Å². The van der Waals surface area contributed by atoms with Gasteiger partial charge in [-0.25, -0.2) is 4.99 Å². The van der Waals surface area contributed by atoms with E-state index in [0.29, 0.717) is 5.92 Å². The van der Waals surface area contributed by atoms with Crippen LogP contribution in [0.2, 0.25) is 0 Å². The van der Waals surface area contributed by atoms with Crippen molar-refractivity contribution in [2.24, 2.45) is 10.9 Å². The van der Waals surface area contributed by atoms with Crippen LogP contribution in [-0.2, 0) is 0 Å². The van der Waals surface area contributed by atoms with Crippen LogP contribution in [0.4, 0.5) is 0 Å². The first kappa shape index (κ1) is 6.26. The van der Waals surface area contributed by atoms with Crippen LogP contribution >= 0.6 is 0 Å². The molecular formula is C6H11N3. The molecule has 0 spiro atoms. The third-order valence-corrected chi connectivity index (χ3v) is 1.39. The Morgan fingerprint density at radius 1 is 1.78 bits per heavy atom. The Labute approximate surface area is 54.7 Å². The first-order valence-corrected chi connectivity index (χ1v) is 3.09. The van der Waals surface area contributed by atoms with Gasteiger partial charge in [-0.3, -0.25) is 5.41 Å². The first-order chi connectivity index (χ1) is 4.20. The summed E-state index contributed by atoms with van der Waals surface area (Å²) < 4.78 is 0. The van der Waals surface area contributed by atoms with Crippen molar-refractivity contribution in [2.45, 2.75) is 19.9 Å². The van der Waals surface area contributed by atoms with Gasteiger partial charge in [-0.2, -0.15) is 0 Å². The Morgan fingerprint density at radius 2 is 2.44 bits per heavy atom. The molecule has 50 valence electrons. The number of nitrogens with one attached hydrogen (secondary N) is 2. The van der Waals surface area contributed by atoms with Crippen molar-refractivity contribution in [3.63, 3.8) is 0 Å². The Morgan fingerprint density at radius 3 is 2.67 bits per heavy atom. The number of hydrogen-bond acceptors (Lipinski definition) is 1. The summed E-state index contributed by atoms with van der Waals surface area (Å²) in [5.41, 5.74) is 0. The molecular weight excluding hydrogens is 114 g/mol. The highest BCUT2D eigenvalue weighted by Crippen LogP contribution is 2.02. The van der Waals surface area contributed by atoms with Crippen molar-refractivity contribution in [2.75, 3.05) is 0 Å². The van der Waals surface area contributed by atoms with Crippen molar-refractivity contribution in [1.29, 1.82) is 5.41 Å². The number of hydrogen-bond donors (Lipinski definition) is 2. The Balaban J connectivity index is 2.50. The van der Waals surface area contributed by atoms with Gasteiger partial charge in [0, 0.05) is 6.21 Å². The van der Waals surface area contributed by atoms with Crippen LogP contribution in [0.25, 0.3) is 0 Å². The molecule has 1 atom stereocenters. The van der Waals surface area contributed by atoms with Crippen molar-refractivity contribution >= 4 is 12.2 Å². The molecule has 2 N–H and O–H groups in total. The molecule has 0 saturated heterocycles. The molecule has 3 heteroatoms. The van der Waals surface area contributed by atoms with Gasteiger partial charge in [-0.05, 0) is 5.92 Å². The molecule has 0 aromatic rings. The van der Waals surface area contributed by atoms with Crippen LogP contribution in [0.5, 0.6) is 0 Å². The lowest BCUT2D eigenvalue weighted by Gasteiger charge is -2.10. The van der Waals surface area contributed by atoms with E-state index >= 15 is 0 Å². The van der Waals surface area contributed by atoms with Gasteiger partial charge in [-0.1, -0.05) is 13.8 Å². The number of rotatable bonds is 1. The molecule has 1 aliphatic rings. The zero-order chi connectivity index (χ0) is 6.85. The average molecular weight is 125 g/mol. The summed E-state index contributed by atoms with van der Waals surface area (Å²) in [6.45, 7) is 4.20. The Bertz CT molecular complexity index is 148. The zero-order valence-electron chi connectivity index (χ0n) is 5.68. The van der Waals surface area contributed by atoms with Gasteiger partial charge in [0.05, 0.1) is 6.04 Å². The highest BCUT2D eigenvalue weighted by molar-refractivity contribution is 5.94. The molecule has 0 bridgehead atoms. The van der Waals surface area contributed by atoms with Crippen molar-refractivity contribution in [3.05, 3.63) is 0 Å². The highest BCUT2D eigenvalue weighted by atomic mass is 15.2. The number of guanidine groups is 1. The minimum Gasteiger partial charge on any atom is -0.347 e. The largest absolute Gasteiger partial charge is 0.347 e. The fourth-order valence-corrected chi connectivity index (χ4v) is 0.726. The number of nitrogens with zero attached hydrogens (tertiary/aromatic N) is 1. The predicted octanol–water partition coefficient (Wildman–Crippen LogP) is 0.620. The minimum atomic E-state index is 0.275. The lowest BCUT2D eigenvalue weighted by Crippen LogP contribution is -2.32. The maximum absolute atomic E-state index is 7.06. The topological polar surface area (TPSA) is 48.2 Å². The highest BCUT2D eigenvalue weighted by Gasteiger charge is 2.15. The molecule has 3 nitrogen and oxygen atoms in total. The molecule has 0 aromatic heterocycles. The van der Waals surface area contributed by atoms with Gasteiger partial charge in [0.15, 0.2) is 0 Å². The van der Waals surface area contributed by atoms with Gasteiger partial charge in [0.25, 0.3) is 0 Å². The summed E-state index contributed by atoms with van der Waals surface area (Å²) >= 11 is 0. The Hall–Kier alpha value is -0.860. The first-order valence-electron chi connectivity index (χ1n) is 3.09. The fourth-order valence-electron chi connectivity index (χ4n) is 0.726. The van der Waals surface area contributed by atoms with Crippen LogP contribution in [-0.4, -0.2) is 18.2 Å². The van der Waals surface area contributed by atoms with Gasteiger partial charge in [0.1, 0.15) is 0 Å². The molecule has 9 heavy (non-hydrogen) atoms.